The SMILES string of the molecule is COc1cccc2sc(N(CC3CCCO3)C(=O)C3CC(=O)N(c4ccc(F)cc4)C3)nc12. The van der Waals surface area contributed by atoms with Gasteiger partial charge in [0, 0.05) is 25.3 Å². The Morgan fingerprint density at radius 3 is 2.85 bits per heavy atom. The molecule has 0 N–H and O–H groups in total. The lowest BCUT2D eigenvalue weighted by Crippen LogP contribution is -2.42. The number of methoxy groups -OCH3 is 1. The number of carbonyl (C=O) groups is 2. The Balaban J connectivity index is 1.43. The first-order valence-electron chi connectivity index (χ1n) is 11.0. The molecule has 33 heavy (non-hydrogen) atoms. The monoisotopic (exact) mass is 469 g/mol. The Hall–Kier alpha value is -3.04. The summed E-state index contributed by atoms with van der Waals surface area (Å²) in [6.07, 6.45) is 1.88. The quantitative estimate of drug-likeness (QED) is 0.546. The topological polar surface area (TPSA) is 72.0 Å². The van der Waals surface area contributed by atoms with Gasteiger partial charge in [-0.25, -0.2) is 9.37 Å². The molecule has 2 fully saturated rings. The molecule has 172 valence electrons. The zero-order chi connectivity index (χ0) is 22.9. The summed E-state index contributed by atoms with van der Waals surface area (Å²) in [5, 5.41) is 0.572. The van der Waals surface area contributed by atoms with Gasteiger partial charge < -0.3 is 14.4 Å². The maximum absolute atomic E-state index is 13.7. The van der Waals surface area contributed by atoms with Crippen molar-refractivity contribution < 1.29 is 23.5 Å². The van der Waals surface area contributed by atoms with Crippen molar-refractivity contribution in [2.75, 3.05) is 36.6 Å². The second-order valence-corrected chi connectivity index (χ2v) is 9.28. The van der Waals surface area contributed by atoms with Crippen molar-refractivity contribution in [1.29, 1.82) is 0 Å². The lowest BCUT2D eigenvalue weighted by molar-refractivity contribution is -0.124. The zero-order valence-electron chi connectivity index (χ0n) is 18.2. The number of para-hydroxylation sites is 1. The van der Waals surface area contributed by atoms with Crippen LogP contribution in [0.3, 0.4) is 0 Å². The van der Waals surface area contributed by atoms with Gasteiger partial charge in [0.05, 0.1) is 30.4 Å². The Morgan fingerprint density at radius 2 is 2.12 bits per heavy atom. The fourth-order valence-corrected chi connectivity index (χ4v) is 5.41. The van der Waals surface area contributed by atoms with Crippen LogP contribution in [0.1, 0.15) is 19.3 Å². The lowest BCUT2D eigenvalue weighted by atomic mass is 10.1. The van der Waals surface area contributed by atoms with Gasteiger partial charge in [0.15, 0.2) is 5.13 Å². The zero-order valence-corrected chi connectivity index (χ0v) is 19.0. The van der Waals surface area contributed by atoms with E-state index in [9.17, 15) is 14.0 Å². The van der Waals surface area contributed by atoms with Gasteiger partial charge in [-0.1, -0.05) is 17.4 Å². The number of carbonyl (C=O) groups excluding carboxylic acids is 2. The number of aromatic nitrogens is 1. The molecule has 1 aromatic heterocycles. The van der Waals surface area contributed by atoms with Crippen molar-refractivity contribution in [2.24, 2.45) is 5.92 Å². The van der Waals surface area contributed by atoms with E-state index in [4.69, 9.17) is 14.5 Å². The maximum atomic E-state index is 13.7. The van der Waals surface area contributed by atoms with E-state index in [1.807, 2.05) is 18.2 Å². The number of rotatable bonds is 6. The Labute approximate surface area is 194 Å². The first-order chi connectivity index (χ1) is 16.0. The van der Waals surface area contributed by atoms with Crippen molar-refractivity contribution in [1.82, 2.24) is 4.98 Å². The first-order valence-corrected chi connectivity index (χ1v) is 11.8. The summed E-state index contributed by atoms with van der Waals surface area (Å²) in [6.45, 7) is 1.32. The van der Waals surface area contributed by atoms with Crippen LogP contribution in [0, 0.1) is 11.7 Å². The molecule has 7 nitrogen and oxygen atoms in total. The largest absolute Gasteiger partial charge is 0.494 e. The molecule has 0 radical (unpaired) electrons. The van der Waals surface area contributed by atoms with Gasteiger partial charge in [-0.15, -0.1) is 0 Å². The summed E-state index contributed by atoms with van der Waals surface area (Å²) in [5.74, 6) is -0.535. The van der Waals surface area contributed by atoms with Crippen LogP contribution in [-0.2, 0) is 14.3 Å². The fourth-order valence-electron chi connectivity index (χ4n) is 4.41. The number of nitrogens with zero attached hydrogens (tertiary/aromatic N) is 3. The average Bonchev–Trinajstić information content (AvgIpc) is 3.57. The summed E-state index contributed by atoms with van der Waals surface area (Å²) < 4.78 is 25.5. The minimum Gasteiger partial charge on any atom is -0.494 e. The van der Waals surface area contributed by atoms with E-state index < -0.39 is 5.92 Å². The number of thiazole rings is 1. The fraction of sp³-hybridized carbons (Fsp3) is 0.375. The molecule has 0 spiro atoms. The number of anilines is 2. The van der Waals surface area contributed by atoms with Crippen molar-refractivity contribution in [3.05, 3.63) is 48.3 Å². The van der Waals surface area contributed by atoms with Crippen LogP contribution in [0.15, 0.2) is 42.5 Å². The molecule has 2 aliphatic heterocycles. The molecule has 5 rings (SSSR count). The highest BCUT2D eigenvalue weighted by atomic mass is 32.1. The summed E-state index contributed by atoms with van der Waals surface area (Å²) in [6, 6.07) is 11.4. The molecule has 3 aromatic rings. The number of amides is 2. The van der Waals surface area contributed by atoms with Crippen LogP contribution in [0.5, 0.6) is 5.75 Å². The Bertz CT molecular complexity index is 1180. The predicted molar refractivity (Wildman–Crippen MR) is 124 cm³/mol. The van der Waals surface area contributed by atoms with E-state index in [1.54, 1.807) is 29.0 Å². The third-order valence-corrected chi connectivity index (χ3v) is 7.15. The highest BCUT2D eigenvalue weighted by molar-refractivity contribution is 7.22. The number of fused-ring (bicyclic) bond motifs is 1. The minimum atomic E-state index is -0.516. The highest BCUT2D eigenvalue weighted by Crippen LogP contribution is 2.36. The van der Waals surface area contributed by atoms with Crippen LogP contribution < -0.4 is 14.5 Å². The van der Waals surface area contributed by atoms with E-state index in [0.29, 0.717) is 35.2 Å². The number of halogens is 1. The summed E-state index contributed by atoms with van der Waals surface area (Å²) in [7, 11) is 1.59. The van der Waals surface area contributed by atoms with Crippen LogP contribution in [0.25, 0.3) is 10.2 Å². The molecule has 0 bridgehead atoms. The van der Waals surface area contributed by atoms with E-state index in [1.165, 1.54) is 23.5 Å². The molecule has 9 heteroatoms. The third kappa shape index (κ3) is 4.30. The van der Waals surface area contributed by atoms with Crippen molar-refractivity contribution in [3.63, 3.8) is 0 Å². The number of hydrogen-bond acceptors (Lipinski definition) is 6. The molecule has 2 atom stereocenters. The standard InChI is InChI=1S/C24H24FN3O4S/c1-31-19-5-2-6-20-22(19)26-24(33-20)28(14-18-4-3-11-32-18)23(30)15-12-21(29)27(13-15)17-9-7-16(25)8-10-17/h2,5-10,15,18H,3-4,11-14H2,1H3. The van der Waals surface area contributed by atoms with E-state index in [0.717, 1.165) is 17.5 Å². The second-order valence-electron chi connectivity index (χ2n) is 8.27. The molecule has 0 aliphatic carbocycles. The van der Waals surface area contributed by atoms with Gasteiger partial charge in [-0.3, -0.25) is 14.5 Å². The number of ether oxygens (including phenoxy) is 2. The molecule has 2 amide bonds. The van der Waals surface area contributed by atoms with Gasteiger partial charge in [0.2, 0.25) is 11.8 Å². The van der Waals surface area contributed by atoms with Gasteiger partial charge in [-0.2, -0.15) is 0 Å². The Kier molecular flexibility index (Phi) is 5.99. The maximum Gasteiger partial charge on any atom is 0.234 e. The summed E-state index contributed by atoms with van der Waals surface area (Å²) in [5.41, 5.74) is 1.30. The van der Waals surface area contributed by atoms with Crippen molar-refractivity contribution in [3.8, 4) is 5.75 Å². The number of hydrogen-bond donors (Lipinski definition) is 0. The first kappa shape index (κ1) is 21.8. The molecule has 3 heterocycles. The summed E-state index contributed by atoms with van der Waals surface area (Å²) in [4.78, 5) is 34.4. The molecule has 2 unspecified atom stereocenters. The predicted octanol–water partition coefficient (Wildman–Crippen LogP) is 4.01. The van der Waals surface area contributed by atoms with Gasteiger partial charge in [0.25, 0.3) is 0 Å². The number of benzene rings is 2. The minimum absolute atomic E-state index is 0.0619. The van der Waals surface area contributed by atoms with Crippen LogP contribution >= 0.6 is 11.3 Å². The highest BCUT2D eigenvalue weighted by Gasteiger charge is 2.39. The lowest BCUT2D eigenvalue weighted by Gasteiger charge is -2.25. The van der Waals surface area contributed by atoms with Crippen LogP contribution in [0.2, 0.25) is 0 Å². The molecular formula is C24H24FN3O4S. The van der Waals surface area contributed by atoms with Gasteiger partial charge in [-0.05, 0) is 49.2 Å². The molecule has 2 saturated heterocycles. The average molecular weight is 470 g/mol. The molecule has 2 aromatic carbocycles. The van der Waals surface area contributed by atoms with Crippen molar-refractivity contribution >= 4 is 44.2 Å². The normalized spacial score (nSPS) is 20.5. The van der Waals surface area contributed by atoms with E-state index >= 15 is 0 Å². The summed E-state index contributed by atoms with van der Waals surface area (Å²) >= 11 is 1.42. The third-order valence-electron chi connectivity index (χ3n) is 6.11. The Morgan fingerprint density at radius 1 is 1.30 bits per heavy atom. The molecule has 0 saturated carbocycles. The van der Waals surface area contributed by atoms with Crippen LogP contribution in [-0.4, -0.2) is 49.7 Å². The van der Waals surface area contributed by atoms with Crippen molar-refractivity contribution in [2.45, 2.75) is 25.4 Å². The second kappa shape index (κ2) is 9.07. The molecular weight excluding hydrogens is 445 g/mol. The van der Waals surface area contributed by atoms with E-state index in [-0.39, 0.29) is 36.7 Å². The van der Waals surface area contributed by atoms with Crippen LogP contribution in [0.4, 0.5) is 15.2 Å². The van der Waals surface area contributed by atoms with Gasteiger partial charge in [0.1, 0.15) is 17.1 Å². The molecule has 2 aliphatic rings. The van der Waals surface area contributed by atoms with Gasteiger partial charge >= 0.3 is 0 Å². The smallest absolute Gasteiger partial charge is 0.234 e. The van der Waals surface area contributed by atoms with E-state index in [2.05, 4.69) is 0 Å².